The fourth-order valence-electron chi connectivity index (χ4n) is 1.34. The Morgan fingerprint density at radius 3 is 2.59 bits per heavy atom. The van der Waals surface area contributed by atoms with E-state index in [-0.39, 0.29) is 11.6 Å². The fraction of sp³-hybridized carbons (Fsp3) is 0.455. The summed E-state index contributed by atoms with van der Waals surface area (Å²) in [5.41, 5.74) is 0.113. The molecule has 1 aromatic heterocycles. The minimum absolute atomic E-state index is 0.113. The molecule has 2 N–H and O–H groups in total. The topological polar surface area (TPSA) is 92.2 Å². The van der Waals surface area contributed by atoms with E-state index in [1.165, 1.54) is 18.6 Å². The molecular weight excluding hydrogens is 222 g/mol. The molecule has 17 heavy (non-hydrogen) atoms. The maximum atomic E-state index is 11.7. The number of carbonyl (C=O) groups is 2. The van der Waals surface area contributed by atoms with Crippen LogP contribution in [0.1, 0.15) is 30.8 Å². The highest BCUT2D eigenvalue weighted by molar-refractivity contribution is 5.94. The van der Waals surface area contributed by atoms with Crippen LogP contribution >= 0.6 is 0 Å². The number of carboxylic acids is 1. The van der Waals surface area contributed by atoms with Gasteiger partial charge in [0.05, 0.1) is 6.20 Å². The first-order valence-electron chi connectivity index (χ1n) is 5.30. The highest BCUT2D eigenvalue weighted by atomic mass is 16.4. The van der Waals surface area contributed by atoms with Crippen LogP contribution in [0.5, 0.6) is 0 Å². The number of rotatable bonds is 5. The van der Waals surface area contributed by atoms with Crippen molar-refractivity contribution in [1.29, 1.82) is 0 Å². The van der Waals surface area contributed by atoms with Gasteiger partial charge in [-0.25, -0.2) is 9.78 Å². The number of carboxylic acid groups (broad SMARTS) is 1. The Bertz CT molecular complexity index is 392. The summed E-state index contributed by atoms with van der Waals surface area (Å²) >= 11 is 0. The number of hydrogen-bond donors (Lipinski definition) is 2. The third-order valence-corrected chi connectivity index (χ3v) is 2.11. The molecule has 0 aliphatic rings. The van der Waals surface area contributed by atoms with Crippen molar-refractivity contribution < 1.29 is 14.7 Å². The molecule has 0 fully saturated rings. The zero-order chi connectivity index (χ0) is 12.8. The van der Waals surface area contributed by atoms with E-state index in [0.717, 1.165) is 0 Å². The summed E-state index contributed by atoms with van der Waals surface area (Å²) in [4.78, 5) is 30.2. The van der Waals surface area contributed by atoms with Gasteiger partial charge in [0.15, 0.2) is 0 Å². The van der Waals surface area contributed by atoms with Gasteiger partial charge in [-0.15, -0.1) is 0 Å². The van der Waals surface area contributed by atoms with Crippen LogP contribution in [-0.2, 0) is 4.79 Å². The minimum atomic E-state index is -1.05. The summed E-state index contributed by atoms with van der Waals surface area (Å²) in [5, 5.41) is 11.4. The third kappa shape index (κ3) is 4.18. The van der Waals surface area contributed by atoms with Gasteiger partial charge in [0.25, 0.3) is 5.91 Å². The van der Waals surface area contributed by atoms with Crippen molar-refractivity contribution in [2.75, 3.05) is 0 Å². The lowest BCUT2D eigenvalue weighted by Gasteiger charge is -2.15. The summed E-state index contributed by atoms with van der Waals surface area (Å²) in [6.07, 6.45) is 4.50. The molecule has 0 unspecified atom stereocenters. The maximum absolute atomic E-state index is 11.7. The van der Waals surface area contributed by atoms with Gasteiger partial charge in [0.2, 0.25) is 0 Å². The van der Waals surface area contributed by atoms with E-state index in [1.807, 2.05) is 13.8 Å². The second kappa shape index (κ2) is 5.93. The number of aliphatic carboxylic acids is 1. The second-order valence-electron chi connectivity index (χ2n) is 4.08. The van der Waals surface area contributed by atoms with E-state index in [4.69, 9.17) is 5.11 Å². The Kier molecular flexibility index (Phi) is 4.56. The largest absolute Gasteiger partial charge is 0.480 e. The molecule has 1 rings (SSSR count). The molecule has 6 nitrogen and oxygen atoms in total. The number of hydrogen-bond acceptors (Lipinski definition) is 4. The summed E-state index contributed by atoms with van der Waals surface area (Å²) < 4.78 is 0. The first-order valence-corrected chi connectivity index (χ1v) is 5.30. The normalized spacial score (nSPS) is 12.2. The molecular formula is C11H15N3O3. The summed E-state index contributed by atoms with van der Waals surface area (Å²) in [5.74, 6) is -1.39. The fourth-order valence-corrected chi connectivity index (χ4v) is 1.34. The van der Waals surface area contributed by atoms with Crippen molar-refractivity contribution in [1.82, 2.24) is 15.3 Å². The van der Waals surface area contributed by atoms with Crippen molar-refractivity contribution in [2.24, 2.45) is 5.92 Å². The average Bonchev–Trinajstić information content (AvgIpc) is 2.28. The van der Waals surface area contributed by atoms with Gasteiger partial charge in [-0.05, 0) is 12.3 Å². The minimum Gasteiger partial charge on any atom is -0.480 e. The average molecular weight is 237 g/mol. The predicted octanol–water partition coefficient (Wildman–Crippen LogP) is 0.706. The smallest absolute Gasteiger partial charge is 0.326 e. The van der Waals surface area contributed by atoms with Crippen LogP contribution in [0.25, 0.3) is 0 Å². The van der Waals surface area contributed by atoms with Gasteiger partial charge < -0.3 is 10.4 Å². The molecule has 0 bridgehead atoms. The van der Waals surface area contributed by atoms with Crippen LogP contribution in [0.2, 0.25) is 0 Å². The Morgan fingerprint density at radius 2 is 2.12 bits per heavy atom. The summed E-state index contributed by atoms with van der Waals surface area (Å²) in [7, 11) is 0. The number of nitrogens with zero attached hydrogens (tertiary/aromatic N) is 2. The van der Waals surface area contributed by atoms with Crippen molar-refractivity contribution in [2.45, 2.75) is 26.3 Å². The zero-order valence-electron chi connectivity index (χ0n) is 9.75. The van der Waals surface area contributed by atoms with Gasteiger partial charge in [-0.1, -0.05) is 13.8 Å². The van der Waals surface area contributed by atoms with E-state index in [0.29, 0.717) is 6.42 Å². The number of amides is 1. The van der Waals surface area contributed by atoms with Gasteiger partial charge in [-0.2, -0.15) is 0 Å². The lowest BCUT2D eigenvalue weighted by Crippen LogP contribution is -2.41. The molecule has 0 aliphatic heterocycles. The van der Waals surface area contributed by atoms with E-state index in [9.17, 15) is 9.59 Å². The number of carbonyl (C=O) groups excluding carboxylic acids is 1. The highest BCUT2D eigenvalue weighted by Gasteiger charge is 2.22. The van der Waals surface area contributed by atoms with Gasteiger partial charge in [0, 0.05) is 12.4 Å². The molecule has 0 saturated carbocycles. The molecule has 0 spiro atoms. The second-order valence-corrected chi connectivity index (χ2v) is 4.08. The molecule has 1 atom stereocenters. The Balaban J connectivity index is 2.68. The molecule has 6 heteroatoms. The molecule has 0 saturated heterocycles. The lowest BCUT2D eigenvalue weighted by atomic mass is 10.0. The van der Waals surface area contributed by atoms with E-state index in [2.05, 4.69) is 15.3 Å². The summed E-state index contributed by atoms with van der Waals surface area (Å²) in [6.45, 7) is 3.79. The zero-order valence-corrected chi connectivity index (χ0v) is 9.75. The Morgan fingerprint density at radius 1 is 1.41 bits per heavy atom. The van der Waals surface area contributed by atoms with Gasteiger partial charge in [-0.3, -0.25) is 9.78 Å². The van der Waals surface area contributed by atoms with Crippen molar-refractivity contribution in [3.63, 3.8) is 0 Å². The Labute approximate surface area is 99.1 Å². The molecule has 1 amide bonds. The lowest BCUT2D eigenvalue weighted by molar-refractivity contribution is -0.139. The van der Waals surface area contributed by atoms with Crippen LogP contribution in [0.15, 0.2) is 18.6 Å². The monoisotopic (exact) mass is 237 g/mol. The van der Waals surface area contributed by atoms with Gasteiger partial charge >= 0.3 is 5.97 Å². The van der Waals surface area contributed by atoms with E-state index < -0.39 is 17.9 Å². The third-order valence-electron chi connectivity index (χ3n) is 2.11. The quantitative estimate of drug-likeness (QED) is 0.786. The summed E-state index contributed by atoms with van der Waals surface area (Å²) in [6, 6.07) is -0.899. The SMILES string of the molecule is CC(C)C[C@H](NC(=O)c1cnccn1)C(=O)O. The number of nitrogens with one attached hydrogen (secondary N) is 1. The van der Waals surface area contributed by atoms with Crippen molar-refractivity contribution >= 4 is 11.9 Å². The van der Waals surface area contributed by atoms with Crippen LogP contribution < -0.4 is 5.32 Å². The first kappa shape index (κ1) is 13.1. The van der Waals surface area contributed by atoms with Crippen LogP contribution in [-0.4, -0.2) is 33.0 Å². The molecule has 92 valence electrons. The molecule has 0 aromatic carbocycles. The molecule has 0 aliphatic carbocycles. The van der Waals surface area contributed by atoms with Crippen LogP contribution in [0, 0.1) is 5.92 Å². The molecule has 0 radical (unpaired) electrons. The maximum Gasteiger partial charge on any atom is 0.326 e. The van der Waals surface area contributed by atoms with E-state index in [1.54, 1.807) is 0 Å². The molecule has 1 heterocycles. The Hall–Kier alpha value is -1.98. The van der Waals surface area contributed by atoms with Crippen LogP contribution in [0.4, 0.5) is 0 Å². The van der Waals surface area contributed by atoms with Gasteiger partial charge in [0.1, 0.15) is 11.7 Å². The van der Waals surface area contributed by atoms with Crippen molar-refractivity contribution in [3.8, 4) is 0 Å². The van der Waals surface area contributed by atoms with E-state index >= 15 is 0 Å². The predicted molar refractivity (Wildman–Crippen MR) is 60.4 cm³/mol. The van der Waals surface area contributed by atoms with Crippen LogP contribution in [0.3, 0.4) is 0 Å². The standard InChI is InChI=1S/C11H15N3O3/c1-7(2)5-8(11(16)17)14-10(15)9-6-12-3-4-13-9/h3-4,6-8H,5H2,1-2H3,(H,14,15)(H,16,17)/t8-/m0/s1. The highest BCUT2D eigenvalue weighted by Crippen LogP contribution is 2.05. The molecule has 1 aromatic rings. The first-order chi connectivity index (χ1) is 8.00. The number of aromatic nitrogens is 2. The van der Waals surface area contributed by atoms with Crippen molar-refractivity contribution in [3.05, 3.63) is 24.3 Å².